The van der Waals surface area contributed by atoms with Gasteiger partial charge in [0, 0.05) is 23.8 Å². The Kier molecular flexibility index (Phi) is 4.87. The van der Waals surface area contributed by atoms with E-state index in [0.717, 1.165) is 24.3 Å². The number of amides is 2. The third kappa shape index (κ3) is 3.44. The molecule has 122 valence electrons. The number of carbonyl (C=O) groups is 2. The van der Waals surface area contributed by atoms with E-state index in [1.807, 2.05) is 11.4 Å². The maximum Gasteiger partial charge on any atom is 0.313 e. The molecule has 3 rings (SSSR count). The summed E-state index contributed by atoms with van der Waals surface area (Å²) in [5.74, 6) is -1.21. The van der Waals surface area contributed by atoms with Crippen molar-refractivity contribution in [3.8, 4) is 6.07 Å². The third-order valence-electron chi connectivity index (χ3n) is 3.97. The molecule has 1 N–H and O–H groups in total. The number of benzene rings is 1. The lowest BCUT2D eigenvalue weighted by Crippen LogP contribution is -2.44. The number of piperidine rings is 1. The first-order chi connectivity index (χ1) is 11.7. The van der Waals surface area contributed by atoms with Crippen molar-refractivity contribution >= 4 is 28.8 Å². The summed E-state index contributed by atoms with van der Waals surface area (Å²) < 4.78 is 0. The van der Waals surface area contributed by atoms with Crippen LogP contribution in [0.1, 0.15) is 35.9 Å². The van der Waals surface area contributed by atoms with Crippen LogP contribution < -0.4 is 5.32 Å². The largest absolute Gasteiger partial charge is 0.325 e. The second-order valence-electron chi connectivity index (χ2n) is 5.52. The van der Waals surface area contributed by atoms with Gasteiger partial charge in [0.25, 0.3) is 0 Å². The molecule has 2 amide bonds. The Morgan fingerprint density at radius 3 is 2.75 bits per heavy atom. The number of likely N-dealkylation sites (tertiary alicyclic amines) is 1. The zero-order valence-electron chi connectivity index (χ0n) is 12.9. The number of thiazole rings is 1. The molecule has 0 aliphatic carbocycles. The minimum absolute atomic E-state index is 0.127. The Labute approximate surface area is 143 Å². The number of nitriles is 1. The van der Waals surface area contributed by atoms with E-state index in [0.29, 0.717) is 17.8 Å². The first-order valence-corrected chi connectivity index (χ1v) is 8.58. The molecule has 1 aromatic carbocycles. The van der Waals surface area contributed by atoms with E-state index in [2.05, 4.69) is 10.3 Å². The van der Waals surface area contributed by atoms with Crippen LogP contribution in [-0.4, -0.2) is 28.2 Å². The van der Waals surface area contributed by atoms with Gasteiger partial charge >= 0.3 is 11.8 Å². The van der Waals surface area contributed by atoms with Gasteiger partial charge in [0.05, 0.1) is 17.7 Å². The molecule has 2 heterocycles. The maximum atomic E-state index is 12.6. The van der Waals surface area contributed by atoms with E-state index in [9.17, 15) is 9.59 Å². The van der Waals surface area contributed by atoms with Crippen LogP contribution in [0, 0.1) is 11.3 Å². The zero-order chi connectivity index (χ0) is 16.9. The molecule has 24 heavy (non-hydrogen) atoms. The molecule has 1 fully saturated rings. The van der Waals surface area contributed by atoms with E-state index in [1.165, 1.54) is 11.3 Å². The molecular formula is C17H16N4O2S. The summed E-state index contributed by atoms with van der Waals surface area (Å²) in [6.07, 6.45) is 4.44. The second-order valence-corrected chi connectivity index (χ2v) is 6.45. The summed E-state index contributed by atoms with van der Waals surface area (Å²) in [4.78, 5) is 30.8. The van der Waals surface area contributed by atoms with Gasteiger partial charge in [-0.15, -0.1) is 11.3 Å². The summed E-state index contributed by atoms with van der Waals surface area (Å²) in [5, 5.41) is 14.1. The fourth-order valence-corrected chi connectivity index (χ4v) is 3.56. The molecule has 0 spiro atoms. The van der Waals surface area contributed by atoms with Crippen molar-refractivity contribution in [2.24, 2.45) is 0 Å². The molecule has 2 aromatic rings. The normalized spacial score (nSPS) is 17.1. The highest BCUT2D eigenvalue weighted by Crippen LogP contribution is 2.32. The fourth-order valence-electron chi connectivity index (χ4n) is 2.77. The lowest BCUT2D eigenvalue weighted by molar-refractivity contribution is -0.145. The molecular weight excluding hydrogens is 324 g/mol. The second kappa shape index (κ2) is 7.23. The highest BCUT2D eigenvalue weighted by atomic mass is 32.1. The Morgan fingerprint density at radius 2 is 2.08 bits per heavy atom. The minimum Gasteiger partial charge on any atom is -0.325 e. The topological polar surface area (TPSA) is 86.1 Å². The number of hydrogen-bond donors (Lipinski definition) is 1. The lowest BCUT2D eigenvalue weighted by atomic mass is 10.0. The van der Waals surface area contributed by atoms with E-state index in [-0.39, 0.29) is 6.04 Å². The summed E-state index contributed by atoms with van der Waals surface area (Å²) in [6, 6.07) is 8.29. The average Bonchev–Trinajstić information content (AvgIpc) is 3.16. The van der Waals surface area contributed by atoms with Crippen LogP contribution in [0.25, 0.3) is 0 Å². The molecule has 0 bridgehead atoms. The Morgan fingerprint density at radius 1 is 1.29 bits per heavy atom. The molecule has 0 saturated carbocycles. The molecule has 1 aliphatic heterocycles. The number of carbonyl (C=O) groups excluding carboxylic acids is 2. The molecule has 1 atom stereocenters. The minimum atomic E-state index is -0.664. The third-order valence-corrected chi connectivity index (χ3v) is 4.84. The number of nitrogens with zero attached hydrogens (tertiary/aromatic N) is 3. The van der Waals surface area contributed by atoms with Crippen molar-refractivity contribution in [2.75, 3.05) is 11.9 Å². The molecule has 6 nitrogen and oxygen atoms in total. The Hall–Kier alpha value is -2.72. The van der Waals surface area contributed by atoms with Gasteiger partial charge in [-0.2, -0.15) is 5.26 Å². The van der Waals surface area contributed by atoms with Gasteiger partial charge in [-0.25, -0.2) is 4.98 Å². The number of nitrogens with one attached hydrogen (secondary N) is 1. The van der Waals surface area contributed by atoms with Crippen LogP contribution in [0.4, 0.5) is 5.69 Å². The fraction of sp³-hybridized carbons (Fsp3) is 0.294. The van der Waals surface area contributed by atoms with E-state index < -0.39 is 11.8 Å². The zero-order valence-corrected chi connectivity index (χ0v) is 13.8. The van der Waals surface area contributed by atoms with E-state index in [4.69, 9.17) is 5.26 Å². The van der Waals surface area contributed by atoms with Crippen LogP contribution in [-0.2, 0) is 9.59 Å². The van der Waals surface area contributed by atoms with Crippen LogP contribution in [0.5, 0.6) is 0 Å². The van der Waals surface area contributed by atoms with Gasteiger partial charge in [0.15, 0.2) is 0 Å². The van der Waals surface area contributed by atoms with E-state index in [1.54, 1.807) is 35.4 Å². The maximum absolute atomic E-state index is 12.6. The van der Waals surface area contributed by atoms with Gasteiger partial charge in [0.2, 0.25) is 0 Å². The van der Waals surface area contributed by atoms with E-state index >= 15 is 0 Å². The number of anilines is 1. The van der Waals surface area contributed by atoms with Crippen LogP contribution in [0.3, 0.4) is 0 Å². The van der Waals surface area contributed by atoms with Crippen molar-refractivity contribution in [3.63, 3.8) is 0 Å². The molecule has 7 heteroatoms. The predicted octanol–water partition coefficient (Wildman–Crippen LogP) is 2.71. The highest BCUT2D eigenvalue weighted by molar-refractivity contribution is 7.09. The smallest absolute Gasteiger partial charge is 0.313 e. The van der Waals surface area contributed by atoms with Crippen molar-refractivity contribution in [2.45, 2.75) is 25.3 Å². The summed E-state index contributed by atoms with van der Waals surface area (Å²) in [5.41, 5.74) is 0.995. The van der Waals surface area contributed by atoms with Gasteiger partial charge < -0.3 is 10.2 Å². The summed E-state index contributed by atoms with van der Waals surface area (Å²) in [6.45, 7) is 0.559. The van der Waals surface area contributed by atoms with Gasteiger partial charge in [0.1, 0.15) is 5.01 Å². The number of hydrogen-bond acceptors (Lipinski definition) is 5. The lowest BCUT2D eigenvalue weighted by Gasteiger charge is -2.33. The quantitative estimate of drug-likeness (QED) is 0.852. The summed E-state index contributed by atoms with van der Waals surface area (Å²) in [7, 11) is 0. The first kappa shape index (κ1) is 16.1. The van der Waals surface area contributed by atoms with Crippen molar-refractivity contribution < 1.29 is 9.59 Å². The molecule has 1 aromatic heterocycles. The van der Waals surface area contributed by atoms with Crippen molar-refractivity contribution in [3.05, 3.63) is 46.4 Å². The molecule has 0 unspecified atom stereocenters. The average molecular weight is 340 g/mol. The van der Waals surface area contributed by atoms with Gasteiger partial charge in [-0.1, -0.05) is 0 Å². The standard InChI is InChI=1S/C17H16N4O2S/c18-11-12-4-6-13(7-5-12)20-15(22)17(23)21-9-2-1-3-14(21)16-19-8-10-24-16/h4-8,10,14H,1-3,9H2,(H,20,22)/t14-/m1/s1. The van der Waals surface area contributed by atoms with Crippen LogP contribution in [0.15, 0.2) is 35.8 Å². The van der Waals surface area contributed by atoms with Crippen LogP contribution >= 0.6 is 11.3 Å². The number of rotatable bonds is 2. The van der Waals surface area contributed by atoms with Gasteiger partial charge in [-0.3, -0.25) is 9.59 Å². The van der Waals surface area contributed by atoms with Crippen LogP contribution in [0.2, 0.25) is 0 Å². The molecule has 0 radical (unpaired) electrons. The van der Waals surface area contributed by atoms with Crippen molar-refractivity contribution in [1.82, 2.24) is 9.88 Å². The number of aromatic nitrogens is 1. The van der Waals surface area contributed by atoms with Crippen molar-refractivity contribution in [1.29, 1.82) is 5.26 Å². The predicted molar refractivity (Wildman–Crippen MR) is 90.2 cm³/mol. The first-order valence-electron chi connectivity index (χ1n) is 7.70. The summed E-state index contributed by atoms with van der Waals surface area (Å²) >= 11 is 1.50. The molecule has 1 saturated heterocycles. The SMILES string of the molecule is N#Cc1ccc(NC(=O)C(=O)N2CCCC[C@@H]2c2nccs2)cc1. The molecule has 1 aliphatic rings. The highest BCUT2D eigenvalue weighted by Gasteiger charge is 2.33. The van der Waals surface area contributed by atoms with Gasteiger partial charge in [-0.05, 0) is 43.5 Å². The Bertz CT molecular complexity index is 765. The Balaban J connectivity index is 1.71. The monoisotopic (exact) mass is 340 g/mol.